The van der Waals surface area contributed by atoms with E-state index in [1.54, 1.807) is 0 Å². The van der Waals surface area contributed by atoms with E-state index in [1.165, 1.54) is 4.90 Å². The number of carbonyl (C=O) groups is 1. The van der Waals surface area contributed by atoms with Gasteiger partial charge in [0.1, 0.15) is 5.56 Å². The molecule has 1 amide bonds. The predicted molar refractivity (Wildman–Crippen MR) is 58.9 cm³/mol. The molecule has 1 aliphatic heterocycles. The van der Waals surface area contributed by atoms with Crippen molar-refractivity contribution in [3.63, 3.8) is 0 Å². The van der Waals surface area contributed by atoms with Crippen molar-refractivity contribution < 1.29 is 9.72 Å². The van der Waals surface area contributed by atoms with Crippen LogP contribution < -0.4 is 5.56 Å². The first-order chi connectivity index (χ1) is 8.09. The van der Waals surface area contributed by atoms with Gasteiger partial charge in [-0.2, -0.15) is 0 Å². The van der Waals surface area contributed by atoms with E-state index in [-0.39, 0.29) is 11.3 Å². The molecular formula is C10H11N3O4. The Kier molecular flexibility index (Phi) is 2.90. The summed E-state index contributed by atoms with van der Waals surface area (Å²) in [5.74, 6) is -0.438. The molecule has 2 heterocycles. The van der Waals surface area contributed by atoms with Crippen molar-refractivity contribution in [1.82, 2.24) is 9.88 Å². The number of rotatable bonds is 2. The number of likely N-dealkylation sites (tertiary alicyclic amines) is 1. The third kappa shape index (κ3) is 2.17. The Labute approximate surface area is 96.2 Å². The van der Waals surface area contributed by atoms with Crippen LogP contribution in [0.4, 0.5) is 5.69 Å². The molecule has 1 saturated heterocycles. The topological polar surface area (TPSA) is 96.3 Å². The number of aromatic amines is 1. The van der Waals surface area contributed by atoms with Gasteiger partial charge in [0, 0.05) is 19.2 Å². The van der Waals surface area contributed by atoms with Gasteiger partial charge in [0.2, 0.25) is 0 Å². The summed E-state index contributed by atoms with van der Waals surface area (Å²) in [6.45, 7) is 1.20. The maximum absolute atomic E-state index is 11.9. The standard InChI is InChI=1S/C10H11N3O4/c14-9-8(5-7(6-11-9)13(16)17)10(15)12-3-1-2-4-12/h5-6H,1-4H2,(H,11,14). The first-order valence-corrected chi connectivity index (χ1v) is 5.26. The fourth-order valence-corrected chi connectivity index (χ4v) is 1.83. The summed E-state index contributed by atoms with van der Waals surface area (Å²) in [5.41, 5.74) is -1.04. The SMILES string of the molecule is O=C(c1cc([N+](=O)[O-])c[nH]c1=O)N1CCCC1. The second kappa shape index (κ2) is 4.36. The Bertz CT molecular complexity index is 517. The molecule has 1 aliphatic rings. The van der Waals surface area contributed by atoms with Gasteiger partial charge in [0.15, 0.2) is 0 Å². The quantitative estimate of drug-likeness (QED) is 0.599. The van der Waals surface area contributed by atoms with Crippen LogP contribution in [0.25, 0.3) is 0 Å². The minimum atomic E-state index is -0.642. The smallest absolute Gasteiger partial charge is 0.286 e. The predicted octanol–water partition coefficient (Wildman–Crippen LogP) is 0.519. The van der Waals surface area contributed by atoms with Crippen LogP contribution in [-0.2, 0) is 0 Å². The number of hydrogen-bond donors (Lipinski definition) is 1. The van der Waals surface area contributed by atoms with E-state index in [0.717, 1.165) is 25.1 Å². The average Bonchev–Trinajstić information content (AvgIpc) is 2.81. The molecule has 1 N–H and O–H groups in total. The van der Waals surface area contributed by atoms with Crippen LogP contribution in [-0.4, -0.2) is 33.8 Å². The van der Waals surface area contributed by atoms with Crippen molar-refractivity contribution in [3.8, 4) is 0 Å². The van der Waals surface area contributed by atoms with Crippen molar-refractivity contribution in [3.05, 3.63) is 38.3 Å². The summed E-state index contributed by atoms with van der Waals surface area (Å²) < 4.78 is 0. The number of amides is 1. The van der Waals surface area contributed by atoms with Crippen LogP contribution >= 0.6 is 0 Å². The van der Waals surface area contributed by atoms with Gasteiger partial charge in [-0.05, 0) is 12.8 Å². The van der Waals surface area contributed by atoms with E-state index in [1.807, 2.05) is 0 Å². The molecule has 0 atom stereocenters. The number of H-pyrrole nitrogens is 1. The first-order valence-electron chi connectivity index (χ1n) is 5.26. The molecule has 90 valence electrons. The zero-order valence-electron chi connectivity index (χ0n) is 9.01. The van der Waals surface area contributed by atoms with Crippen LogP contribution in [0.2, 0.25) is 0 Å². The Hall–Kier alpha value is -2.18. The summed E-state index contributed by atoms with van der Waals surface area (Å²) in [4.78, 5) is 37.1. The normalized spacial score (nSPS) is 14.9. The van der Waals surface area contributed by atoms with E-state index < -0.39 is 16.4 Å². The summed E-state index contributed by atoms with van der Waals surface area (Å²) in [6, 6.07) is 1.03. The molecule has 0 unspecified atom stereocenters. The van der Waals surface area contributed by atoms with E-state index in [9.17, 15) is 19.7 Å². The number of nitrogens with zero attached hydrogens (tertiary/aromatic N) is 2. The van der Waals surface area contributed by atoms with Crippen molar-refractivity contribution in [2.75, 3.05) is 13.1 Å². The Morgan fingerprint density at radius 2 is 2.06 bits per heavy atom. The number of aromatic nitrogens is 1. The van der Waals surface area contributed by atoms with Gasteiger partial charge in [-0.3, -0.25) is 19.7 Å². The molecule has 1 aromatic heterocycles. The third-order valence-electron chi connectivity index (χ3n) is 2.72. The highest BCUT2D eigenvalue weighted by atomic mass is 16.6. The second-order valence-electron chi connectivity index (χ2n) is 3.86. The lowest BCUT2D eigenvalue weighted by Crippen LogP contribution is -2.32. The molecular weight excluding hydrogens is 226 g/mol. The van der Waals surface area contributed by atoms with Gasteiger partial charge in [0.05, 0.1) is 11.1 Å². The minimum Gasteiger partial charge on any atom is -0.338 e. The third-order valence-corrected chi connectivity index (χ3v) is 2.72. The Morgan fingerprint density at radius 1 is 1.41 bits per heavy atom. The Balaban J connectivity index is 2.36. The zero-order chi connectivity index (χ0) is 12.4. The number of hydrogen-bond acceptors (Lipinski definition) is 4. The lowest BCUT2D eigenvalue weighted by atomic mass is 10.2. The lowest BCUT2D eigenvalue weighted by molar-refractivity contribution is -0.385. The van der Waals surface area contributed by atoms with Crippen LogP contribution in [0.15, 0.2) is 17.1 Å². The van der Waals surface area contributed by atoms with Gasteiger partial charge in [0.25, 0.3) is 17.2 Å². The molecule has 0 aliphatic carbocycles. The monoisotopic (exact) mass is 237 g/mol. The molecule has 7 heteroatoms. The van der Waals surface area contributed by atoms with Crippen molar-refractivity contribution >= 4 is 11.6 Å². The largest absolute Gasteiger partial charge is 0.338 e. The summed E-state index contributed by atoms with van der Waals surface area (Å²) in [5, 5.41) is 10.6. The first kappa shape index (κ1) is 11.3. The van der Waals surface area contributed by atoms with Crippen LogP contribution in [0, 0.1) is 10.1 Å². The van der Waals surface area contributed by atoms with Crippen LogP contribution in [0.3, 0.4) is 0 Å². The molecule has 0 spiro atoms. The average molecular weight is 237 g/mol. The van der Waals surface area contributed by atoms with E-state index in [0.29, 0.717) is 13.1 Å². The van der Waals surface area contributed by atoms with Gasteiger partial charge in [-0.15, -0.1) is 0 Å². The summed E-state index contributed by atoms with van der Waals surface area (Å²) >= 11 is 0. The maximum atomic E-state index is 11.9. The highest BCUT2D eigenvalue weighted by molar-refractivity contribution is 5.94. The highest BCUT2D eigenvalue weighted by Gasteiger charge is 2.23. The lowest BCUT2D eigenvalue weighted by Gasteiger charge is -2.13. The molecule has 1 aromatic rings. The van der Waals surface area contributed by atoms with Crippen LogP contribution in [0.5, 0.6) is 0 Å². The number of carbonyl (C=O) groups excluding carboxylic acids is 1. The molecule has 0 bridgehead atoms. The van der Waals surface area contributed by atoms with E-state index in [2.05, 4.69) is 4.98 Å². The number of pyridine rings is 1. The Morgan fingerprint density at radius 3 is 2.65 bits per heavy atom. The van der Waals surface area contributed by atoms with Gasteiger partial charge in [-0.25, -0.2) is 0 Å². The van der Waals surface area contributed by atoms with Gasteiger partial charge >= 0.3 is 0 Å². The fraction of sp³-hybridized carbons (Fsp3) is 0.400. The fourth-order valence-electron chi connectivity index (χ4n) is 1.83. The molecule has 0 radical (unpaired) electrons. The zero-order valence-corrected chi connectivity index (χ0v) is 9.01. The molecule has 0 aromatic carbocycles. The van der Waals surface area contributed by atoms with Crippen molar-refractivity contribution in [2.24, 2.45) is 0 Å². The van der Waals surface area contributed by atoms with E-state index >= 15 is 0 Å². The molecule has 1 fully saturated rings. The van der Waals surface area contributed by atoms with Gasteiger partial charge < -0.3 is 9.88 Å². The molecule has 17 heavy (non-hydrogen) atoms. The van der Waals surface area contributed by atoms with E-state index in [4.69, 9.17) is 0 Å². The van der Waals surface area contributed by atoms with Gasteiger partial charge in [-0.1, -0.05) is 0 Å². The van der Waals surface area contributed by atoms with Crippen LogP contribution in [0.1, 0.15) is 23.2 Å². The molecule has 2 rings (SSSR count). The minimum absolute atomic E-state index is 0.166. The summed E-state index contributed by atoms with van der Waals surface area (Å²) in [6.07, 6.45) is 2.79. The van der Waals surface area contributed by atoms with Crippen molar-refractivity contribution in [1.29, 1.82) is 0 Å². The highest BCUT2D eigenvalue weighted by Crippen LogP contribution is 2.13. The number of nitro groups is 1. The maximum Gasteiger partial charge on any atom is 0.286 e. The second-order valence-corrected chi connectivity index (χ2v) is 3.86. The molecule has 0 saturated carbocycles. The molecule has 7 nitrogen and oxygen atoms in total. The number of nitrogens with one attached hydrogen (secondary N) is 1. The van der Waals surface area contributed by atoms with Crippen molar-refractivity contribution in [2.45, 2.75) is 12.8 Å². The summed E-state index contributed by atoms with van der Waals surface area (Å²) in [7, 11) is 0.